The van der Waals surface area contributed by atoms with Crippen LogP contribution in [0.1, 0.15) is 43.0 Å². The van der Waals surface area contributed by atoms with Gasteiger partial charge in [0.05, 0.1) is 17.0 Å². The van der Waals surface area contributed by atoms with Crippen molar-refractivity contribution in [1.29, 1.82) is 0 Å². The molecule has 1 fully saturated rings. The third-order valence-electron chi connectivity index (χ3n) is 5.75. The van der Waals surface area contributed by atoms with Gasteiger partial charge in [-0.25, -0.2) is 9.07 Å². The zero-order valence-corrected chi connectivity index (χ0v) is 18.2. The normalized spacial score (nSPS) is 14.8. The molecule has 0 aliphatic heterocycles. The van der Waals surface area contributed by atoms with Gasteiger partial charge in [-0.2, -0.15) is 13.9 Å². The quantitative estimate of drug-likeness (QED) is 0.588. The molecule has 1 saturated carbocycles. The highest BCUT2D eigenvalue weighted by atomic mass is 19.3. The van der Waals surface area contributed by atoms with Gasteiger partial charge in [0.2, 0.25) is 0 Å². The Morgan fingerprint density at radius 1 is 1.24 bits per heavy atom. The molecule has 33 heavy (non-hydrogen) atoms. The molecule has 1 atom stereocenters. The van der Waals surface area contributed by atoms with Crippen LogP contribution in [0.5, 0.6) is 0 Å². The maximum Gasteiger partial charge on any atom is 0.352 e. The third-order valence-corrected chi connectivity index (χ3v) is 5.75. The Morgan fingerprint density at radius 2 is 1.94 bits per heavy atom. The van der Waals surface area contributed by atoms with Crippen molar-refractivity contribution in [2.24, 2.45) is 7.05 Å². The predicted octanol–water partition coefficient (Wildman–Crippen LogP) is 2.58. The molecule has 2 heterocycles. The highest BCUT2D eigenvalue weighted by Crippen LogP contribution is 2.36. The highest BCUT2D eigenvalue weighted by molar-refractivity contribution is 5.90. The van der Waals surface area contributed by atoms with E-state index >= 15 is 4.39 Å². The summed E-state index contributed by atoms with van der Waals surface area (Å²) in [5.74, 6) is -6.72. The first kappa shape index (κ1) is 22.6. The molecule has 0 bridgehead atoms. The topological polar surface area (TPSA) is 98.0 Å². The molecular formula is C22H22F3N5O3. The summed E-state index contributed by atoms with van der Waals surface area (Å²) in [6.45, 7) is 1.54. The second-order valence-electron chi connectivity index (χ2n) is 8.08. The van der Waals surface area contributed by atoms with E-state index in [4.69, 9.17) is 0 Å². The van der Waals surface area contributed by atoms with Crippen LogP contribution >= 0.6 is 0 Å². The number of pyridine rings is 1. The SMILES string of the molecule is CNC(=O)C(F)(F)c1cccc([C@@H](C)Nc2nn(C)c(=O)c3cc(=O)n(C4CC4)cc23)c1F. The number of alkyl halides is 2. The third kappa shape index (κ3) is 3.87. The van der Waals surface area contributed by atoms with Crippen LogP contribution in [0.4, 0.5) is 19.0 Å². The fraction of sp³-hybridized carbons (Fsp3) is 0.364. The van der Waals surface area contributed by atoms with Crippen molar-refractivity contribution >= 4 is 22.5 Å². The molecule has 2 N–H and O–H groups in total. The van der Waals surface area contributed by atoms with E-state index in [1.54, 1.807) is 6.20 Å². The first-order chi connectivity index (χ1) is 15.6. The van der Waals surface area contributed by atoms with Crippen molar-refractivity contribution in [3.05, 3.63) is 68.1 Å². The van der Waals surface area contributed by atoms with Crippen molar-refractivity contribution in [1.82, 2.24) is 19.7 Å². The van der Waals surface area contributed by atoms with Gasteiger partial charge in [-0.1, -0.05) is 12.1 Å². The minimum Gasteiger partial charge on any atom is -0.361 e. The predicted molar refractivity (Wildman–Crippen MR) is 116 cm³/mol. The van der Waals surface area contributed by atoms with Gasteiger partial charge in [0.25, 0.3) is 17.0 Å². The minimum absolute atomic E-state index is 0.0531. The van der Waals surface area contributed by atoms with Gasteiger partial charge in [-0.15, -0.1) is 0 Å². The summed E-state index contributed by atoms with van der Waals surface area (Å²) < 4.78 is 46.5. The van der Waals surface area contributed by atoms with Gasteiger partial charge in [-0.05, 0) is 25.8 Å². The van der Waals surface area contributed by atoms with E-state index in [1.165, 1.54) is 36.7 Å². The zero-order valence-electron chi connectivity index (χ0n) is 18.2. The molecule has 0 saturated heterocycles. The van der Waals surface area contributed by atoms with Crippen LogP contribution in [-0.2, 0) is 17.8 Å². The van der Waals surface area contributed by atoms with E-state index in [2.05, 4.69) is 10.4 Å². The summed E-state index contributed by atoms with van der Waals surface area (Å²) in [5, 5.41) is 9.51. The van der Waals surface area contributed by atoms with Crippen LogP contribution in [0.3, 0.4) is 0 Å². The number of carbonyl (C=O) groups excluding carboxylic acids is 1. The number of halogens is 3. The number of aromatic nitrogens is 3. The Labute approximate surface area is 186 Å². The molecule has 11 heteroatoms. The average molecular weight is 461 g/mol. The smallest absolute Gasteiger partial charge is 0.352 e. The number of rotatable bonds is 6. The number of nitrogens with one attached hydrogen (secondary N) is 2. The van der Waals surface area contributed by atoms with Crippen LogP contribution in [-0.4, -0.2) is 27.3 Å². The number of hydrogen-bond donors (Lipinski definition) is 2. The van der Waals surface area contributed by atoms with Gasteiger partial charge in [0.1, 0.15) is 5.82 Å². The molecule has 1 amide bonds. The van der Waals surface area contributed by atoms with Crippen molar-refractivity contribution in [3.63, 3.8) is 0 Å². The molecule has 1 aliphatic rings. The van der Waals surface area contributed by atoms with Gasteiger partial charge in [-0.3, -0.25) is 14.4 Å². The van der Waals surface area contributed by atoms with Crippen LogP contribution in [0, 0.1) is 5.82 Å². The van der Waals surface area contributed by atoms with E-state index in [0.717, 1.165) is 30.6 Å². The lowest BCUT2D eigenvalue weighted by molar-refractivity contribution is -0.146. The number of hydrogen-bond acceptors (Lipinski definition) is 5. The molecule has 1 aliphatic carbocycles. The van der Waals surface area contributed by atoms with Crippen LogP contribution in [0.25, 0.3) is 10.8 Å². The van der Waals surface area contributed by atoms with E-state index in [9.17, 15) is 23.2 Å². The van der Waals surface area contributed by atoms with Crippen LogP contribution < -0.4 is 21.8 Å². The van der Waals surface area contributed by atoms with Crippen LogP contribution in [0.15, 0.2) is 40.1 Å². The molecule has 174 valence electrons. The Morgan fingerprint density at radius 3 is 2.58 bits per heavy atom. The standard InChI is InChI=1S/C22H22F3N5O3/c1-11(13-5-4-6-16(18(13)23)22(24,25)21(33)26-2)27-19-15-10-30(12-7-8-12)17(31)9-14(15)20(32)29(3)28-19/h4-6,9-12H,7-8H2,1-3H3,(H,26,33)(H,27,28)/t11-/m1/s1. The molecule has 2 aromatic heterocycles. The molecule has 3 aromatic rings. The summed E-state index contributed by atoms with van der Waals surface area (Å²) in [6, 6.07) is 3.85. The number of nitrogens with zero attached hydrogens (tertiary/aromatic N) is 3. The van der Waals surface area contributed by atoms with E-state index < -0.39 is 34.8 Å². The lowest BCUT2D eigenvalue weighted by Crippen LogP contribution is -2.36. The maximum absolute atomic E-state index is 15.1. The Bertz CT molecular complexity index is 1380. The second kappa shape index (κ2) is 8.05. The number of carbonyl (C=O) groups is 1. The van der Waals surface area contributed by atoms with Gasteiger partial charge in [0, 0.05) is 43.4 Å². The number of fused-ring (bicyclic) bond motifs is 1. The summed E-state index contributed by atoms with van der Waals surface area (Å²) in [5.41, 5.74) is -1.94. The lowest BCUT2D eigenvalue weighted by atomic mass is 9.99. The maximum atomic E-state index is 15.1. The fourth-order valence-corrected chi connectivity index (χ4v) is 3.77. The van der Waals surface area contributed by atoms with Crippen LogP contribution in [0.2, 0.25) is 0 Å². The fourth-order valence-electron chi connectivity index (χ4n) is 3.77. The zero-order chi connectivity index (χ0) is 24.1. The Balaban J connectivity index is 1.78. The number of likely N-dealkylation sites (N-methyl/N-ethyl adjacent to an activating group) is 1. The van der Waals surface area contributed by atoms with Gasteiger partial charge >= 0.3 is 5.92 Å². The number of anilines is 1. The molecule has 0 radical (unpaired) electrons. The van der Waals surface area contributed by atoms with Crippen molar-refractivity contribution in [2.75, 3.05) is 12.4 Å². The van der Waals surface area contributed by atoms with Crippen molar-refractivity contribution < 1.29 is 18.0 Å². The highest BCUT2D eigenvalue weighted by Gasteiger charge is 2.43. The largest absolute Gasteiger partial charge is 0.361 e. The molecular weight excluding hydrogens is 439 g/mol. The Hall–Kier alpha value is -3.63. The van der Waals surface area contributed by atoms with Gasteiger partial charge in [0.15, 0.2) is 5.82 Å². The summed E-state index contributed by atoms with van der Waals surface area (Å²) in [7, 11) is 2.45. The first-order valence-corrected chi connectivity index (χ1v) is 10.3. The first-order valence-electron chi connectivity index (χ1n) is 10.3. The number of amides is 1. The van der Waals surface area contributed by atoms with Crippen molar-refractivity contribution in [2.45, 2.75) is 37.8 Å². The summed E-state index contributed by atoms with van der Waals surface area (Å²) in [6.07, 6.45) is 3.24. The molecule has 4 rings (SSSR count). The van der Waals surface area contributed by atoms with E-state index in [0.29, 0.717) is 5.39 Å². The molecule has 8 nitrogen and oxygen atoms in total. The molecule has 0 unspecified atom stereocenters. The minimum atomic E-state index is -4.06. The second-order valence-corrected chi connectivity index (χ2v) is 8.08. The summed E-state index contributed by atoms with van der Waals surface area (Å²) in [4.78, 5) is 36.5. The average Bonchev–Trinajstić information content (AvgIpc) is 3.61. The summed E-state index contributed by atoms with van der Waals surface area (Å²) >= 11 is 0. The molecule has 0 spiro atoms. The molecule has 1 aromatic carbocycles. The number of benzene rings is 1. The monoisotopic (exact) mass is 461 g/mol. The van der Waals surface area contributed by atoms with E-state index in [1.807, 2.05) is 5.32 Å². The Kier molecular flexibility index (Phi) is 5.51. The van der Waals surface area contributed by atoms with E-state index in [-0.39, 0.29) is 28.4 Å². The van der Waals surface area contributed by atoms with Crippen molar-refractivity contribution in [3.8, 4) is 0 Å². The number of aryl methyl sites for hydroxylation is 1. The lowest BCUT2D eigenvalue weighted by Gasteiger charge is -2.21. The van der Waals surface area contributed by atoms with Gasteiger partial charge < -0.3 is 15.2 Å².